The first-order valence-electron chi connectivity index (χ1n) is 9.62. The number of allylic oxidation sites excluding steroid dienone is 2. The fourth-order valence-corrected chi connectivity index (χ4v) is 3.34. The summed E-state index contributed by atoms with van der Waals surface area (Å²) in [5, 5.41) is 20.6. The zero-order valence-corrected chi connectivity index (χ0v) is 17.7. The molecule has 0 aromatic heterocycles. The summed E-state index contributed by atoms with van der Waals surface area (Å²) in [5.41, 5.74) is 0.986. The maximum Gasteiger partial charge on any atom is 0.311 e. The van der Waals surface area contributed by atoms with Gasteiger partial charge in [0.15, 0.2) is 0 Å². The predicted octanol–water partition coefficient (Wildman–Crippen LogP) is 3.38. The molecule has 2 N–H and O–H groups in total. The predicted molar refractivity (Wildman–Crippen MR) is 104 cm³/mol. The van der Waals surface area contributed by atoms with Crippen molar-refractivity contribution in [1.82, 2.24) is 0 Å². The fraction of sp³-hybridized carbons (Fsp3) is 0.810. The van der Waals surface area contributed by atoms with Gasteiger partial charge in [-0.3, -0.25) is 9.59 Å². The lowest BCUT2D eigenvalue weighted by Crippen LogP contribution is -2.34. The number of carbonyl (C=O) groups is 2. The van der Waals surface area contributed by atoms with Crippen LogP contribution in [-0.4, -0.2) is 41.3 Å². The van der Waals surface area contributed by atoms with E-state index in [1.54, 1.807) is 13.8 Å². The Morgan fingerprint density at radius 3 is 1.92 bits per heavy atom. The van der Waals surface area contributed by atoms with Crippen molar-refractivity contribution in [1.29, 1.82) is 0 Å². The van der Waals surface area contributed by atoms with Crippen LogP contribution in [0.5, 0.6) is 0 Å². The lowest BCUT2D eigenvalue weighted by molar-refractivity contribution is -0.149. The van der Waals surface area contributed by atoms with Crippen molar-refractivity contribution >= 4 is 11.8 Å². The zero-order valence-electron chi connectivity index (χ0n) is 17.7. The molecular formula is C21H38O5. The number of hydrogen-bond acceptors (Lipinski definition) is 5. The monoisotopic (exact) mass is 370 g/mol. The molecule has 0 unspecified atom stereocenters. The van der Waals surface area contributed by atoms with E-state index in [1.165, 1.54) is 7.11 Å². The highest BCUT2D eigenvalue weighted by Crippen LogP contribution is 2.24. The largest absolute Gasteiger partial charge is 0.469 e. The molecule has 26 heavy (non-hydrogen) atoms. The van der Waals surface area contributed by atoms with E-state index in [4.69, 9.17) is 0 Å². The van der Waals surface area contributed by atoms with Crippen molar-refractivity contribution in [3.8, 4) is 0 Å². The highest BCUT2D eigenvalue weighted by molar-refractivity contribution is 5.85. The van der Waals surface area contributed by atoms with Gasteiger partial charge in [0.2, 0.25) is 0 Å². The maximum atomic E-state index is 12.6. The number of hydrogen-bond donors (Lipinski definition) is 2. The molecule has 0 radical (unpaired) electrons. The summed E-state index contributed by atoms with van der Waals surface area (Å²) in [6.45, 7) is 13.0. The molecule has 0 aliphatic heterocycles. The van der Waals surface area contributed by atoms with Crippen molar-refractivity contribution in [3.63, 3.8) is 0 Å². The van der Waals surface area contributed by atoms with E-state index in [9.17, 15) is 19.8 Å². The maximum absolute atomic E-state index is 12.6. The van der Waals surface area contributed by atoms with Crippen LogP contribution in [0.2, 0.25) is 0 Å². The minimum absolute atomic E-state index is 0.0216. The second kappa shape index (κ2) is 11.5. The fourth-order valence-electron chi connectivity index (χ4n) is 3.34. The van der Waals surface area contributed by atoms with Gasteiger partial charge in [-0.1, -0.05) is 52.7 Å². The van der Waals surface area contributed by atoms with E-state index in [0.29, 0.717) is 6.42 Å². The molecule has 0 bridgehead atoms. The number of methoxy groups -OCH3 is 1. The average molecular weight is 371 g/mol. The molecule has 0 heterocycles. The minimum Gasteiger partial charge on any atom is -0.469 e. The first-order valence-corrected chi connectivity index (χ1v) is 9.62. The van der Waals surface area contributed by atoms with Crippen LogP contribution in [0.25, 0.3) is 0 Å². The number of aliphatic hydroxyl groups excluding tert-OH is 2. The standard InChI is InChI=1S/C21H38O5/c1-9-13(3)18(22)16(6)19(23)14(4)10-12(2)11-15(5)20(24)17(7)21(25)26-8/h10,13-18,20,22,24H,9,11H2,1-8H3/b12-10+/t13-,14-,15+,16+,17+,18+,20-/m0/s1. The summed E-state index contributed by atoms with van der Waals surface area (Å²) in [5.74, 6) is -1.76. The summed E-state index contributed by atoms with van der Waals surface area (Å²) in [6.07, 6.45) is 1.88. The lowest BCUT2D eigenvalue weighted by Gasteiger charge is -2.25. The van der Waals surface area contributed by atoms with Crippen LogP contribution in [0.15, 0.2) is 11.6 Å². The van der Waals surface area contributed by atoms with Crippen LogP contribution >= 0.6 is 0 Å². The number of aliphatic hydroxyl groups is 2. The summed E-state index contributed by atoms with van der Waals surface area (Å²) in [7, 11) is 1.31. The molecule has 0 amide bonds. The van der Waals surface area contributed by atoms with Crippen LogP contribution in [0.1, 0.15) is 61.3 Å². The summed E-state index contributed by atoms with van der Waals surface area (Å²) in [4.78, 5) is 24.1. The van der Waals surface area contributed by atoms with E-state index in [1.807, 2.05) is 40.7 Å². The molecule has 152 valence electrons. The van der Waals surface area contributed by atoms with Crippen molar-refractivity contribution in [2.45, 2.75) is 73.5 Å². The minimum atomic E-state index is -0.803. The molecule has 0 saturated carbocycles. The van der Waals surface area contributed by atoms with E-state index in [-0.39, 0.29) is 23.5 Å². The SMILES string of the molecule is CC[C@H](C)[C@@H](O)[C@@H](C)C(=O)[C@@H](C)/C=C(\C)C[C@@H](C)[C@H](O)[C@@H](C)C(=O)OC. The number of rotatable bonds is 11. The van der Waals surface area contributed by atoms with Gasteiger partial charge in [0.25, 0.3) is 0 Å². The van der Waals surface area contributed by atoms with Crippen LogP contribution in [-0.2, 0) is 14.3 Å². The van der Waals surface area contributed by atoms with Crippen molar-refractivity contribution in [2.24, 2.45) is 29.6 Å². The number of esters is 1. The van der Waals surface area contributed by atoms with Crippen LogP contribution in [0, 0.1) is 29.6 Å². The highest BCUT2D eigenvalue weighted by atomic mass is 16.5. The molecule has 7 atom stereocenters. The van der Waals surface area contributed by atoms with Gasteiger partial charge < -0.3 is 14.9 Å². The molecular weight excluding hydrogens is 332 g/mol. The first-order chi connectivity index (χ1) is 12.0. The Labute approximate surface area is 158 Å². The van der Waals surface area contributed by atoms with Crippen LogP contribution in [0.3, 0.4) is 0 Å². The van der Waals surface area contributed by atoms with Gasteiger partial charge in [0.05, 0.1) is 25.2 Å². The van der Waals surface area contributed by atoms with E-state index >= 15 is 0 Å². The second-order valence-electron chi connectivity index (χ2n) is 7.85. The van der Waals surface area contributed by atoms with Gasteiger partial charge in [-0.2, -0.15) is 0 Å². The summed E-state index contributed by atoms with van der Waals surface area (Å²) >= 11 is 0. The molecule has 5 nitrogen and oxygen atoms in total. The van der Waals surface area contributed by atoms with Crippen molar-refractivity contribution in [2.75, 3.05) is 7.11 Å². The molecule has 0 spiro atoms. The molecule has 0 saturated heterocycles. The van der Waals surface area contributed by atoms with E-state index in [0.717, 1.165) is 12.0 Å². The van der Waals surface area contributed by atoms with Gasteiger partial charge in [-0.25, -0.2) is 0 Å². The van der Waals surface area contributed by atoms with Gasteiger partial charge >= 0.3 is 5.97 Å². The van der Waals surface area contributed by atoms with Crippen LogP contribution < -0.4 is 0 Å². The lowest BCUT2D eigenvalue weighted by atomic mass is 9.83. The highest BCUT2D eigenvalue weighted by Gasteiger charge is 2.29. The Bertz CT molecular complexity index is 485. The van der Waals surface area contributed by atoms with Gasteiger partial charge in [0, 0.05) is 11.8 Å². The molecule has 0 fully saturated rings. The number of carbonyl (C=O) groups excluding carboxylic acids is 2. The Morgan fingerprint density at radius 1 is 0.962 bits per heavy atom. The third-order valence-corrected chi connectivity index (χ3v) is 5.48. The molecule has 0 aliphatic carbocycles. The zero-order chi connectivity index (χ0) is 20.6. The molecule has 0 aromatic rings. The quantitative estimate of drug-likeness (QED) is 0.430. The topological polar surface area (TPSA) is 83.8 Å². The molecule has 0 aromatic carbocycles. The van der Waals surface area contributed by atoms with Gasteiger partial charge in [0.1, 0.15) is 5.78 Å². The Morgan fingerprint density at radius 2 is 1.46 bits per heavy atom. The summed E-state index contributed by atoms with van der Waals surface area (Å²) < 4.78 is 4.68. The van der Waals surface area contributed by atoms with Crippen molar-refractivity contribution in [3.05, 3.63) is 11.6 Å². The second-order valence-corrected chi connectivity index (χ2v) is 7.85. The normalized spacial score (nSPS) is 20.5. The van der Waals surface area contributed by atoms with Gasteiger partial charge in [-0.05, 0) is 32.1 Å². The third kappa shape index (κ3) is 7.20. The van der Waals surface area contributed by atoms with E-state index in [2.05, 4.69) is 4.74 Å². The number of Topliss-reactive ketones (excluding diaryl/α,β-unsaturated/α-hetero) is 1. The number of ketones is 1. The average Bonchev–Trinajstić information content (AvgIpc) is 2.62. The Hall–Kier alpha value is -1.20. The molecule has 0 rings (SSSR count). The Kier molecular flexibility index (Phi) is 11.0. The number of ether oxygens (including phenoxy) is 1. The summed E-state index contributed by atoms with van der Waals surface area (Å²) in [6, 6.07) is 0. The Balaban J connectivity index is 4.88. The third-order valence-electron chi connectivity index (χ3n) is 5.48. The van der Waals surface area contributed by atoms with E-state index < -0.39 is 30.0 Å². The van der Waals surface area contributed by atoms with Gasteiger partial charge in [-0.15, -0.1) is 0 Å². The molecule has 5 heteroatoms. The van der Waals surface area contributed by atoms with Crippen molar-refractivity contribution < 1.29 is 24.5 Å². The molecule has 0 aliphatic rings. The smallest absolute Gasteiger partial charge is 0.311 e. The van der Waals surface area contributed by atoms with Crippen LogP contribution in [0.4, 0.5) is 0 Å². The first kappa shape index (κ1) is 24.8.